The van der Waals surface area contributed by atoms with Crippen LogP contribution in [-0.4, -0.2) is 35.3 Å². The molecule has 0 fully saturated rings. The molecule has 0 aliphatic rings. The minimum Gasteiger partial charge on any atom is -0.386 e. The lowest BCUT2D eigenvalue weighted by atomic mass is 10.1. The molecule has 3 N–H and O–H groups in total. The lowest BCUT2D eigenvalue weighted by Crippen LogP contribution is -2.39. The van der Waals surface area contributed by atoms with Gasteiger partial charge >= 0.3 is 0 Å². The highest BCUT2D eigenvalue weighted by atomic mass is 127. The van der Waals surface area contributed by atoms with Gasteiger partial charge in [-0.05, 0) is 36.8 Å². The lowest BCUT2D eigenvalue weighted by Gasteiger charge is -2.13. The third-order valence-corrected chi connectivity index (χ3v) is 3.35. The first-order valence-electron chi connectivity index (χ1n) is 7.75. The Morgan fingerprint density at radius 3 is 2.50 bits per heavy atom. The van der Waals surface area contributed by atoms with E-state index in [-0.39, 0.29) is 36.3 Å². The first-order valence-corrected chi connectivity index (χ1v) is 7.75. The van der Waals surface area contributed by atoms with E-state index in [4.69, 9.17) is 0 Å². The molecule has 0 aliphatic heterocycles. The number of aliphatic imine (C=N–C) groups is 1. The highest BCUT2D eigenvalue weighted by molar-refractivity contribution is 14.0. The number of guanidine groups is 1. The Morgan fingerprint density at radius 2 is 1.88 bits per heavy atom. The standard InChI is InChI=1S/C17H23FN4O.HI/c1-2-19-17(20-9-12-22-10-3-4-11-22)21-13-16(23)14-5-7-15(18)8-6-14;/h3-8,10-11,16,23H,2,9,12-13H2,1H3,(H2,19,20,21);1H. The molecule has 132 valence electrons. The van der Waals surface area contributed by atoms with Crippen molar-refractivity contribution in [2.24, 2.45) is 4.99 Å². The number of aliphatic hydroxyl groups is 1. The predicted molar refractivity (Wildman–Crippen MR) is 105 cm³/mol. The third kappa shape index (κ3) is 6.88. The molecule has 0 saturated heterocycles. The van der Waals surface area contributed by atoms with Gasteiger partial charge in [-0.3, -0.25) is 4.99 Å². The van der Waals surface area contributed by atoms with Crippen molar-refractivity contribution in [2.45, 2.75) is 19.6 Å². The average molecular weight is 446 g/mol. The first-order chi connectivity index (χ1) is 11.2. The van der Waals surface area contributed by atoms with Crippen LogP contribution < -0.4 is 10.6 Å². The Morgan fingerprint density at radius 1 is 1.21 bits per heavy atom. The van der Waals surface area contributed by atoms with Crippen molar-refractivity contribution in [1.82, 2.24) is 15.2 Å². The highest BCUT2D eigenvalue weighted by Gasteiger charge is 2.07. The molecule has 24 heavy (non-hydrogen) atoms. The summed E-state index contributed by atoms with van der Waals surface area (Å²) >= 11 is 0. The second kappa shape index (κ2) is 11.0. The van der Waals surface area contributed by atoms with Crippen molar-refractivity contribution in [3.63, 3.8) is 0 Å². The molecule has 5 nitrogen and oxygen atoms in total. The van der Waals surface area contributed by atoms with Crippen molar-refractivity contribution in [3.05, 3.63) is 60.2 Å². The van der Waals surface area contributed by atoms with E-state index >= 15 is 0 Å². The number of hydrogen-bond acceptors (Lipinski definition) is 2. The molecular formula is C17H24FIN4O. The molecule has 1 unspecified atom stereocenters. The van der Waals surface area contributed by atoms with E-state index in [9.17, 15) is 9.50 Å². The highest BCUT2D eigenvalue weighted by Crippen LogP contribution is 2.13. The van der Waals surface area contributed by atoms with Gasteiger partial charge in [-0.2, -0.15) is 0 Å². The number of aliphatic hydroxyl groups excluding tert-OH is 1. The fraction of sp³-hybridized carbons (Fsp3) is 0.353. The van der Waals surface area contributed by atoms with Crippen LogP contribution in [0, 0.1) is 5.82 Å². The molecule has 1 heterocycles. The number of halogens is 2. The fourth-order valence-electron chi connectivity index (χ4n) is 2.13. The van der Waals surface area contributed by atoms with Gasteiger partial charge in [0.25, 0.3) is 0 Å². The first kappa shape index (κ1) is 20.4. The Hall–Kier alpha value is -1.61. The zero-order valence-electron chi connectivity index (χ0n) is 13.7. The van der Waals surface area contributed by atoms with Gasteiger partial charge in [0, 0.05) is 32.0 Å². The quantitative estimate of drug-likeness (QED) is 0.348. The van der Waals surface area contributed by atoms with E-state index in [1.54, 1.807) is 12.1 Å². The average Bonchev–Trinajstić information content (AvgIpc) is 3.06. The van der Waals surface area contributed by atoms with Gasteiger partial charge in [-0.15, -0.1) is 24.0 Å². The molecule has 7 heteroatoms. The number of aromatic nitrogens is 1. The fourth-order valence-corrected chi connectivity index (χ4v) is 2.13. The second-order valence-electron chi connectivity index (χ2n) is 5.13. The Balaban J connectivity index is 0.00000288. The molecule has 0 radical (unpaired) electrons. The van der Waals surface area contributed by atoms with E-state index in [0.717, 1.165) is 19.6 Å². The SMILES string of the molecule is CCNC(=NCC(O)c1ccc(F)cc1)NCCn1cccc1.I. The van der Waals surface area contributed by atoms with Crippen LogP contribution in [0.25, 0.3) is 0 Å². The molecular weight excluding hydrogens is 422 g/mol. The van der Waals surface area contributed by atoms with Crippen LogP contribution in [0.15, 0.2) is 53.8 Å². The second-order valence-corrected chi connectivity index (χ2v) is 5.13. The van der Waals surface area contributed by atoms with Gasteiger partial charge in [0.1, 0.15) is 5.82 Å². The smallest absolute Gasteiger partial charge is 0.191 e. The Labute approximate surface area is 159 Å². The summed E-state index contributed by atoms with van der Waals surface area (Å²) < 4.78 is 15.0. The maximum absolute atomic E-state index is 12.9. The van der Waals surface area contributed by atoms with Gasteiger partial charge in [-0.1, -0.05) is 12.1 Å². The van der Waals surface area contributed by atoms with E-state index < -0.39 is 6.10 Å². The van der Waals surface area contributed by atoms with Crippen molar-refractivity contribution >= 4 is 29.9 Å². The van der Waals surface area contributed by atoms with Gasteiger partial charge in [0.15, 0.2) is 5.96 Å². The van der Waals surface area contributed by atoms with Gasteiger partial charge in [0.2, 0.25) is 0 Å². The maximum Gasteiger partial charge on any atom is 0.191 e. The van der Waals surface area contributed by atoms with Gasteiger partial charge in [0.05, 0.1) is 12.6 Å². The van der Waals surface area contributed by atoms with Gasteiger partial charge < -0.3 is 20.3 Å². The monoisotopic (exact) mass is 446 g/mol. The zero-order chi connectivity index (χ0) is 16.5. The van der Waals surface area contributed by atoms with Crippen molar-refractivity contribution in [3.8, 4) is 0 Å². The van der Waals surface area contributed by atoms with E-state index in [1.807, 2.05) is 31.5 Å². The molecule has 0 spiro atoms. The van der Waals surface area contributed by atoms with Gasteiger partial charge in [-0.25, -0.2) is 4.39 Å². The summed E-state index contributed by atoms with van der Waals surface area (Å²) in [7, 11) is 0. The Bertz CT molecular complexity index is 602. The van der Waals surface area contributed by atoms with Crippen LogP contribution in [-0.2, 0) is 6.54 Å². The number of hydrogen-bond donors (Lipinski definition) is 3. The van der Waals surface area contributed by atoms with E-state index in [1.165, 1.54) is 12.1 Å². The molecule has 1 aromatic heterocycles. The van der Waals surface area contributed by atoms with Crippen molar-refractivity contribution < 1.29 is 9.50 Å². The molecule has 2 aromatic rings. The molecule has 0 aliphatic carbocycles. The lowest BCUT2D eigenvalue weighted by molar-refractivity contribution is 0.187. The minimum atomic E-state index is -0.754. The number of benzene rings is 1. The van der Waals surface area contributed by atoms with E-state index in [2.05, 4.69) is 20.2 Å². The van der Waals surface area contributed by atoms with Crippen LogP contribution >= 0.6 is 24.0 Å². The minimum absolute atomic E-state index is 0. The largest absolute Gasteiger partial charge is 0.386 e. The zero-order valence-corrected chi connectivity index (χ0v) is 16.0. The van der Waals surface area contributed by atoms with Crippen LogP contribution in [0.3, 0.4) is 0 Å². The van der Waals surface area contributed by atoms with Crippen LogP contribution in [0.4, 0.5) is 4.39 Å². The summed E-state index contributed by atoms with van der Waals surface area (Å²) in [6.45, 7) is 4.50. The number of nitrogens with zero attached hydrogens (tertiary/aromatic N) is 2. The normalized spacial score (nSPS) is 12.4. The molecule has 1 atom stereocenters. The summed E-state index contributed by atoms with van der Waals surface area (Å²) in [4.78, 5) is 4.37. The predicted octanol–water partition coefficient (Wildman–Crippen LogP) is 2.53. The molecule has 2 rings (SSSR count). The summed E-state index contributed by atoms with van der Waals surface area (Å²) in [5.74, 6) is 0.338. The van der Waals surface area contributed by atoms with Crippen molar-refractivity contribution in [2.75, 3.05) is 19.6 Å². The number of nitrogens with one attached hydrogen (secondary N) is 2. The topological polar surface area (TPSA) is 61.6 Å². The maximum atomic E-state index is 12.9. The molecule has 0 amide bonds. The molecule has 0 bridgehead atoms. The summed E-state index contributed by atoms with van der Waals surface area (Å²) in [5, 5.41) is 16.5. The van der Waals surface area contributed by atoms with E-state index in [0.29, 0.717) is 11.5 Å². The number of rotatable bonds is 7. The summed E-state index contributed by atoms with van der Waals surface area (Å²) in [6.07, 6.45) is 3.25. The Kier molecular flexibility index (Phi) is 9.39. The van der Waals surface area contributed by atoms with Crippen LogP contribution in [0.1, 0.15) is 18.6 Å². The van der Waals surface area contributed by atoms with Crippen molar-refractivity contribution in [1.29, 1.82) is 0 Å². The van der Waals surface area contributed by atoms with Crippen LogP contribution in [0.5, 0.6) is 0 Å². The summed E-state index contributed by atoms with van der Waals surface area (Å²) in [6, 6.07) is 9.78. The van der Waals surface area contributed by atoms with Crippen LogP contribution in [0.2, 0.25) is 0 Å². The third-order valence-electron chi connectivity index (χ3n) is 3.35. The molecule has 1 aromatic carbocycles. The molecule has 0 saturated carbocycles. The summed E-state index contributed by atoms with van der Waals surface area (Å²) in [5.41, 5.74) is 0.651.